The average molecular weight is 195 g/mol. The number of rotatable bonds is 4. The summed E-state index contributed by atoms with van der Waals surface area (Å²) in [5, 5.41) is 7.50. The first kappa shape index (κ1) is 9.65. The van der Waals surface area contributed by atoms with Crippen molar-refractivity contribution in [1.29, 1.82) is 0 Å². The molecule has 0 bridgehead atoms. The molecule has 0 spiro atoms. The van der Waals surface area contributed by atoms with E-state index in [2.05, 4.69) is 22.4 Å². The van der Waals surface area contributed by atoms with Gasteiger partial charge in [0.2, 0.25) is 5.89 Å². The Labute approximate surface area is 84.1 Å². The number of hydrogen-bond donors (Lipinski definition) is 1. The number of nitrogens with one attached hydrogen (secondary N) is 1. The Morgan fingerprint density at radius 3 is 2.79 bits per heavy atom. The molecule has 1 unspecified atom stereocenters. The molecule has 1 aromatic heterocycles. The summed E-state index contributed by atoms with van der Waals surface area (Å²) in [4.78, 5) is 4.25. The fraction of sp³-hybridized carbons (Fsp3) is 0.800. The van der Waals surface area contributed by atoms with Gasteiger partial charge in [0.05, 0.1) is 6.04 Å². The van der Waals surface area contributed by atoms with Gasteiger partial charge in [-0.15, -0.1) is 0 Å². The van der Waals surface area contributed by atoms with Crippen LogP contribution in [0.3, 0.4) is 0 Å². The molecule has 2 rings (SSSR count). The van der Waals surface area contributed by atoms with Gasteiger partial charge in [-0.05, 0) is 19.3 Å². The molecule has 0 aliphatic heterocycles. The molecule has 14 heavy (non-hydrogen) atoms. The predicted octanol–water partition coefficient (Wildman–Crippen LogP) is 1.97. The van der Waals surface area contributed by atoms with Crippen LogP contribution in [0.2, 0.25) is 0 Å². The van der Waals surface area contributed by atoms with E-state index in [1.807, 2.05) is 6.92 Å². The molecule has 1 fully saturated rings. The molecule has 0 saturated heterocycles. The van der Waals surface area contributed by atoms with Crippen LogP contribution in [0.1, 0.15) is 50.4 Å². The monoisotopic (exact) mass is 195 g/mol. The van der Waals surface area contributed by atoms with Crippen LogP contribution in [0.4, 0.5) is 0 Å². The molecule has 1 aliphatic carbocycles. The smallest absolute Gasteiger partial charge is 0.223 e. The Balaban J connectivity index is 1.97. The number of hydrogen-bond acceptors (Lipinski definition) is 4. The zero-order valence-corrected chi connectivity index (χ0v) is 8.79. The van der Waals surface area contributed by atoms with Crippen LogP contribution in [0.5, 0.6) is 0 Å². The Morgan fingerprint density at radius 2 is 2.36 bits per heavy atom. The van der Waals surface area contributed by atoms with Crippen LogP contribution in [-0.4, -0.2) is 16.2 Å². The molecule has 4 nitrogen and oxygen atoms in total. The molecule has 0 radical (unpaired) electrons. The molecule has 1 N–H and O–H groups in total. The predicted molar refractivity (Wildman–Crippen MR) is 52.8 cm³/mol. The van der Waals surface area contributed by atoms with Crippen LogP contribution >= 0.6 is 0 Å². The van der Waals surface area contributed by atoms with Crippen molar-refractivity contribution in [3.05, 3.63) is 11.7 Å². The maximum Gasteiger partial charge on any atom is 0.223 e. The first-order valence-corrected chi connectivity index (χ1v) is 5.36. The number of aromatic nitrogens is 2. The quantitative estimate of drug-likeness (QED) is 0.798. The van der Waals surface area contributed by atoms with E-state index >= 15 is 0 Å². The summed E-state index contributed by atoms with van der Waals surface area (Å²) in [6.45, 7) is 3.97. The Hall–Kier alpha value is -0.900. The molecule has 0 amide bonds. The van der Waals surface area contributed by atoms with Gasteiger partial charge in [0.15, 0.2) is 5.82 Å². The molecule has 0 aromatic carbocycles. The first-order chi connectivity index (χ1) is 6.79. The fourth-order valence-corrected chi connectivity index (χ4v) is 1.69. The van der Waals surface area contributed by atoms with E-state index in [0.29, 0.717) is 11.9 Å². The van der Waals surface area contributed by atoms with Gasteiger partial charge in [0, 0.05) is 13.0 Å². The van der Waals surface area contributed by atoms with Crippen molar-refractivity contribution in [3.8, 4) is 0 Å². The summed E-state index contributed by atoms with van der Waals surface area (Å²) >= 11 is 0. The summed E-state index contributed by atoms with van der Waals surface area (Å²) in [5.41, 5.74) is 0. The summed E-state index contributed by atoms with van der Waals surface area (Å²) < 4.78 is 4.98. The molecule has 1 aromatic rings. The second-order valence-electron chi connectivity index (χ2n) is 3.93. The Kier molecular flexibility index (Phi) is 2.82. The van der Waals surface area contributed by atoms with Crippen LogP contribution in [0.15, 0.2) is 4.52 Å². The van der Waals surface area contributed by atoms with Crippen LogP contribution in [0, 0.1) is 6.92 Å². The molecule has 78 valence electrons. The summed E-state index contributed by atoms with van der Waals surface area (Å²) in [7, 11) is 0. The zero-order chi connectivity index (χ0) is 9.97. The fourth-order valence-electron chi connectivity index (χ4n) is 1.69. The second kappa shape index (κ2) is 4.09. The van der Waals surface area contributed by atoms with E-state index in [0.717, 1.165) is 12.2 Å². The van der Waals surface area contributed by atoms with Crippen LogP contribution in [-0.2, 0) is 0 Å². The van der Waals surface area contributed by atoms with E-state index in [1.54, 1.807) is 0 Å². The third-order valence-electron chi connectivity index (χ3n) is 2.81. The molecule has 1 aliphatic rings. The minimum Gasteiger partial charge on any atom is -0.340 e. The lowest BCUT2D eigenvalue weighted by molar-refractivity contribution is 0.290. The second-order valence-corrected chi connectivity index (χ2v) is 3.93. The number of nitrogens with zero attached hydrogens (tertiary/aromatic N) is 2. The first-order valence-electron chi connectivity index (χ1n) is 5.36. The largest absolute Gasteiger partial charge is 0.340 e. The molecular formula is C10H17N3O. The Morgan fingerprint density at radius 1 is 1.57 bits per heavy atom. The van der Waals surface area contributed by atoms with Gasteiger partial charge in [-0.25, -0.2) is 0 Å². The van der Waals surface area contributed by atoms with Crippen molar-refractivity contribution in [1.82, 2.24) is 15.5 Å². The summed E-state index contributed by atoms with van der Waals surface area (Å²) in [5.74, 6) is 1.45. The van der Waals surface area contributed by atoms with Gasteiger partial charge >= 0.3 is 0 Å². The van der Waals surface area contributed by atoms with Crippen molar-refractivity contribution in [2.75, 3.05) is 0 Å². The summed E-state index contributed by atoms with van der Waals surface area (Å²) in [6.07, 6.45) is 4.93. The van der Waals surface area contributed by atoms with Crippen molar-refractivity contribution < 1.29 is 4.52 Å². The van der Waals surface area contributed by atoms with Crippen LogP contribution in [0.25, 0.3) is 0 Å². The highest BCUT2D eigenvalue weighted by molar-refractivity contribution is 4.95. The molecular weight excluding hydrogens is 178 g/mol. The van der Waals surface area contributed by atoms with Gasteiger partial charge in [-0.2, -0.15) is 4.98 Å². The van der Waals surface area contributed by atoms with Gasteiger partial charge in [0.25, 0.3) is 0 Å². The maximum absolute atomic E-state index is 4.98. The third kappa shape index (κ3) is 1.95. The summed E-state index contributed by atoms with van der Waals surface area (Å²) in [6, 6.07) is 0.927. The average Bonchev–Trinajstić information content (AvgIpc) is 2.50. The highest BCUT2D eigenvalue weighted by atomic mass is 16.5. The number of aryl methyl sites for hydroxylation is 1. The van der Waals surface area contributed by atoms with Crippen molar-refractivity contribution in [2.24, 2.45) is 0 Å². The van der Waals surface area contributed by atoms with E-state index < -0.39 is 0 Å². The maximum atomic E-state index is 4.98. The minimum atomic E-state index is 0.262. The standard InChI is InChI=1S/C10H17N3O/c1-3-9(12-8-5-4-6-8)10-11-7(2)14-13-10/h8-9,12H,3-6H2,1-2H3. The minimum absolute atomic E-state index is 0.262. The molecule has 4 heteroatoms. The topological polar surface area (TPSA) is 51.0 Å². The lowest BCUT2D eigenvalue weighted by Crippen LogP contribution is -2.38. The lowest BCUT2D eigenvalue weighted by atomic mass is 9.92. The molecule has 1 saturated carbocycles. The van der Waals surface area contributed by atoms with E-state index in [9.17, 15) is 0 Å². The SMILES string of the molecule is CCC(NC1CCC1)c1noc(C)n1. The highest BCUT2D eigenvalue weighted by Crippen LogP contribution is 2.23. The zero-order valence-electron chi connectivity index (χ0n) is 8.79. The van der Waals surface area contributed by atoms with Crippen molar-refractivity contribution in [2.45, 2.75) is 51.6 Å². The van der Waals surface area contributed by atoms with Gasteiger partial charge in [-0.1, -0.05) is 18.5 Å². The van der Waals surface area contributed by atoms with Crippen molar-refractivity contribution >= 4 is 0 Å². The van der Waals surface area contributed by atoms with Gasteiger partial charge < -0.3 is 9.84 Å². The van der Waals surface area contributed by atoms with Gasteiger partial charge in [0.1, 0.15) is 0 Å². The highest BCUT2D eigenvalue weighted by Gasteiger charge is 2.23. The van der Waals surface area contributed by atoms with Crippen LogP contribution < -0.4 is 5.32 Å². The molecule has 1 heterocycles. The van der Waals surface area contributed by atoms with Crippen molar-refractivity contribution in [3.63, 3.8) is 0 Å². The normalized spacial score (nSPS) is 19.3. The Bertz CT molecular complexity index is 293. The third-order valence-corrected chi connectivity index (χ3v) is 2.81. The van der Waals surface area contributed by atoms with E-state index in [1.165, 1.54) is 19.3 Å². The van der Waals surface area contributed by atoms with E-state index in [4.69, 9.17) is 4.52 Å². The lowest BCUT2D eigenvalue weighted by Gasteiger charge is -2.29. The van der Waals surface area contributed by atoms with E-state index in [-0.39, 0.29) is 6.04 Å². The molecule has 1 atom stereocenters. The van der Waals surface area contributed by atoms with Gasteiger partial charge in [-0.3, -0.25) is 0 Å².